The van der Waals surface area contributed by atoms with Crippen LogP contribution in [0, 0.1) is 5.21 Å². The molecule has 0 bridgehead atoms. The molecular weight excluding hydrogens is 94.0 g/mol. The van der Waals surface area contributed by atoms with Crippen LogP contribution in [0.5, 0.6) is 0 Å². The number of nitrogens with one attached hydrogen (secondary N) is 1. The highest BCUT2D eigenvalue weighted by molar-refractivity contribution is 4.13. The summed E-state index contributed by atoms with van der Waals surface area (Å²) in [6, 6.07) is 0. The first-order valence-electron chi connectivity index (χ1n) is 2.40. The summed E-state index contributed by atoms with van der Waals surface area (Å²) in [7, 11) is 1.41. The fraction of sp³-hybridized carbons (Fsp3) is 1.00. The molecular formula is C4H11NO2. The molecule has 0 aliphatic heterocycles. The fourth-order valence-corrected chi connectivity index (χ4v) is 0.246. The lowest BCUT2D eigenvalue weighted by atomic mass is 10.5. The van der Waals surface area contributed by atoms with Crippen LogP contribution < -0.4 is 5.23 Å². The normalized spacial score (nSPS) is 14.1. The summed E-state index contributed by atoms with van der Waals surface area (Å²) in [5.41, 5.74) is 0. The Morgan fingerprint density at radius 2 is 2.29 bits per heavy atom. The minimum Gasteiger partial charge on any atom is -0.600 e. The average molecular weight is 105 g/mol. The molecule has 0 aromatic heterocycles. The van der Waals surface area contributed by atoms with Gasteiger partial charge in [0.1, 0.15) is 6.61 Å². The second kappa shape index (κ2) is 4.05. The van der Waals surface area contributed by atoms with Gasteiger partial charge in [0.15, 0.2) is 0 Å². The van der Waals surface area contributed by atoms with Gasteiger partial charge < -0.3 is 5.21 Å². The van der Waals surface area contributed by atoms with E-state index in [1.165, 1.54) is 7.05 Å². The molecule has 0 heterocycles. The van der Waals surface area contributed by atoms with Crippen molar-refractivity contribution in [3.63, 3.8) is 0 Å². The van der Waals surface area contributed by atoms with E-state index in [9.17, 15) is 5.21 Å². The minimum absolute atomic E-state index is 0.193. The second-order valence-electron chi connectivity index (χ2n) is 1.34. The van der Waals surface area contributed by atoms with Crippen LogP contribution in [0.25, 0.3) is 0 Å². The van der Waals surface area contributed by atoms with E-state index >= 15 is 0 Å². The Morgan fingerprint density at radius 1 is 1.71 bits per heavy atom. The highest BCUT2D eigenvalue weighted by Gasteiger charge is 1.82. The van der Waals surface area contributed by atoms with E-state index in [0.717, 1.165) is 6.42 Å². The molecule has 0 amide bonds. The molecule has 0 spiro atoms. The molecule has 0 fully saturated rings. The molecule has 1 N–H and O–H groups in total. The van der Waals surface area contributed by atoms with Gasteiger partial charge in [-0.15, -0.1) is 0 Å². The zero-order valence-electron chi connectivity index (χ0n) is 4.73. The molecule has 0 saturated carbocycles. The highest BCUT2D eigenvalue weighted by atomic mass is 16.9. The van der Waals surface area contributed by atoms with E-state index in [2.05, 4.69) is 4.84 Å². The average Bonchev–Trinajstić information content (AvgIpc) is 1.61. The van der Waals surface area contributed by atoms with Crippen LogP contribution in [-0.2, 0) is 4.84 Å². The molecule has 7 heavy (non-hydrogen) atoms. The smallest absolute Gasteiger partial charge is 0.106 e. The Bertz CT molecular complexity index is 38.7. The first kappa shape index (κ1) is 6.88. The molecule has 1 unspecified atom stereocenters. The lowest BCUT2D eigenvalue weighted by molar-refractivity contribution is -1.04. The molecule has 0 aromatic carbocycles. The van der Waals surface area contributed by atoms with E-state index in [1.54, 1.807) is 0 Å². The van der Waals surface area contributed by atoms with Crippen molar-refractivity contribution in [3.05, 3.63) is 5.21 Å². The van der Waals surface area contributed by atoms with E-state index in [1.807, 2.05) is 6.92 Å². The molecule has 0 aliphatic carbocycles. The monoisotopic (exact) mass is 105 g/mol. The van der Waals surface area contributed by atoms with Gasteiger partial charge in [-0.3, -0.25) is 0 Å². The predicted molar refractivity (Wildman–Crippen MR) is 26.5 cm³/mol. The van der Waals surface area contributed by atoms with Gasteiger partial charge in [-0.25, -0.2) is 10.1 Å². The van der Waals surface area contributed by atoms with Crippen molar-refractivity contribution in [2.24, 2.45) is 0 Å². The Labute approximate surface area is 43.4 Å². The third kappa shape index (κ3) is 5.88. The summed E-state index contributed by atoms with van der Waals surface area (Å²) in [6.45, 7) is 2.51. The molecule has 0 aromatic rings. The lowest BCUT2D eigenvalue weighted by Gasteiger charge is -2.12. The summed E-state index contributed by atoms with van der Waals surface area (Å²) < 4.78 is 0. The van der Waals surface area contributed by atoms with Crippen LogP contribution in [0.1, 0.15) is 13.3 Å². The third-order valence-corrected chi connectivity index (χ3v) is 0.509. The predicted octanol–water partition coefficient (Wildman–Crippen LogP) is -0.659. The van der Waals surface area contributed by atoms with Gasteiger partial charge >= 0.3 is 0 Å². The van der Waals surface area contributed by atoms with E-state index in [-0.39, 0.29) is 5.23 Å². The Kier molecular flexibility index (Phi) is 3.98. The Morgan fingerprint density at radius 3 is 2.43 bits per heavy atom. The molecule has 0 aliphatic rings. The molecule has 0 rings (SSSR count). The lowest BCUT2D eigenvalue weighted by Crippen LogP contribution is -3.02. The van der Waals surface area contributed by atoms with Gasteiger partial charge in [0.2, 0.25) is 0 Å². The van der Waals surface area contributed by atoms with Crippen molar-refractivity contribution in [2.75, 3.05) is 13.7 Å². The Balaban J connectivity index is 2.68. The number of hydroxylamine groups is 2. The first-order chi connectivity index (χ1) is 3.27. The summed E-state index contributed by atoms with van der Waals surface area (Å²) in [5, 5.41) is 9.79. The molecule has 3 heteroatoms. The van der Waals surface area contributed by atoms with Gasteiger partial charge in [-0.2, -0.15) is 0 Å². The number of quaternary nitrogens is 1. The summed E-state index contributed by atoms with van der Waals surface area (Å²) in [5.74, 6) is 0. The van der Waals surface area contributed by atoms with Crippen LogP contribution in [0.2, 0.25) is 0 Å². The van der Waals surface area contributed by atoms with E-state index in [4.69, 9.17) is 0 Å². The first-order valence-corrected chi connectivity index (χ1v) is 2.40. The van der Waals surface area contributed by atoms with Crippen molar-refractivity contribution >= 4 is 0 Å². The molecule has 0 radical (unpaired) electrons. The van der Waals surface area contributed by atoms with Gasteiger partial charge in [-0.1, -0.05) is 6.92 Å². The number of hydrogen-bond acceptors (Lipinski definition) is 2. The fourth-order valence-electron chi connectivity index (χ4n) is 0.246. The van der Waals surface area contributed by atoms with Crippen molar-refractivity contribution in [2.45, 2.75) is 13.3 Å². The largest absolute Gasteiger partial charge is 0.600 e. The minimum atomic E-state index is -0.193. The van der Waals surface area contributed by atoms with Gasteiger partial charge in [0, 0.05) is 0 Å². The summed E-state index contributed by atoms with van der Waals surface area (Å²) >= 11 is 0. The standard InChI is InChI=1S/C4H11NO2/c1-3-4-7-5(2)6/h5H,3-4H2,1-2H3. The maximum Gasteiger partial charge on any atom is 0.106 e. The van der Waals surface area contributed by atoms with Gasteiger partial charge in [0.25, 0.3) is 0 Å². The van der Waals surface area contributed by atoms with Gasteiger partial charge in [0.05, 0.1) is 7.05 Å². The maximum absolute atomic E-state index is 9.98. The van der Waals surface area contributed by atoms with Crippen LogP contribution >= 0.6 is 0 Å². The number of hydrogen-bond donors (Lipinski definition) is 1. The van der Waals surface area contributed by atoms with Crippen molar-refractivity contribution in [1.82, 2.24) is 0 Å². The van der Waals surface area contributed by atoms with Crippen molar-refractivity contribution in [3.8, 4) is 0 Å². The van der Waals surface area contributed by atoms with Crippen LogP contribution in [-0.4, -0.2) is 13.7 Å². The highest BCUT2D eigenvalue weighted by Crippen LogP contribution is 1.68. The maximum atomic E-state index is 9.98. The van der Waals surface area contributed by atoms with Crippen LogP contribution in [0.4, 0.5) is 0 Å². The quantitative estimate of drug-likeness (QED) is 0.484. The second-order valence-corrected chi connectivity index (χ2v) is 1.34. The van der Waals surface area contributed by atoms with Crippen LogP contribution in [0.3, 0.4) is 0 Å². The SMILES string of the molecule is CCCO[NH+](C)[O-]. The molecule has 44 valence electrons. The number of rotatable bonds is 3. The summed E-state index contributed by atoms with van der Waals surface area (Å²) in [4.78, 5) is 4.55. The van der Waals surface area contributed by atoms with E-state index < -0.39 is 0 Å². The molecule has 0 saturated heterocycles. The van der Waals surface area contributed by atoms with E-state index in [0.29, 0.717) is 6.61 Å². The third-order valence-electron chi connectivity index (χ3n) is 0.509. The topological polar surface area (TPSA) is 36.7 Å². The van der Waals surface area contributed by atoms with Crippen molar-refractivity contribution in [1.29, 1.82) is 0 Å². The zero-order valence-corrected chi connectivity index (χ0v) is 4.73. The molecule has 1 atom stereocenters. The van der Waals surface area contributed by atoms with Crippen molar-refractivity contribution < 1.29 is 10.1 Å². The zero-order chi connectivity index (χ0) is 5.70. The van der Waals surface area contributed by atoms with Gasteiger partial charge in [-0.05, 0) is 6.42 Å². The summed E-state index contributed by atoms with van der Waals surface area (Å²) in [6.07, 6.45) is 0.902. The molecule has 3 nitrogen and oxygen atoms in total. The van der Waals surface area contributed by atoms with Crippen LogP contribution in [0.15, 0.2) is 0 Å². The Hall–Kier alpha value is -0.120.